The van der Waals surface area contributed by atoms with Crippen LogP contribution in [0.1, 0.15) is 0 Å². The normalized spacial score (nSPS) is 9.85. The van der Waals surface area contributed by atoms with E-state index in [1.165, 1.54) is 24.3 Å². The molecule has 0 unspecified atom stereocenters. The summed E-state index contributed by atoms with van der Waals surface area (Å²) in [6.45, 7) is 0. The Kier molecular flexibility index (Phi) is 8.44. The van der Waals surface area contributed by atoms with E-state index in [2.05, 4.69) is 10.6 Å². The average Bonchev–Trinajstić information content (AvgIpc) is 2.63. The zero-order valence-electron chi connectivity index (χ0n) is 13.4. The fourth-order valence-electron chi connectivity index (χ4n) is 2.09. The first kappa shape index (κ1) is 21.6. The van der Waals surface area contributed by atoms with Crippen LogP contribution in [-0.2, 0) is 17.0 Å². The van der Waals surface area contributed by atoms with Crippen LogP contribution >= 0.6 is 18.6 Å². The van der Waals surface area contributed by atoms with E-state index in [4.69, 9.17) is 18.6 Å². The predicted molar refractivity (Wildman–Crippen MR) is 96.2 cm³/mol. The van der Waals surface area contributed by atoms with E-state index in [9.17, 15) is 17.6 Å². The molecule has 0 fully saturated rings. The standard InChI is InChI=1S/C18H10F4N2.2ClH.Ti/c19-11-5-3-6-12(20)17(11)23-15-9-1-2-10-16(15)24-18-13(21)7-4-8-14(18)22;;;/h1-10H;2*1H;/q-2;;;+2/p-2. The first-order valence-electron chi connectivity index (χ1n) is 7.34. The van der Waals surface area contributed by atoms with E-state index in [-0.39, 0.29) is 11.4 Å². The topological polar surface area (TPSA) is 28.2 Å². The number of hydrogen-bond acceptors (Lipinski definition) is 0. The van der Waals surface area contributed by atoms with Crippen LogP contribution in [0.15, 0.2) is 60.7 Å². The zero-order valence-corrected chi connectivity index (χ0v) is 16.5. The molecule has 27 heavy (non-hydrogen) atoms. The van der Waals surface area contributed by atoms with Gasteiger partial charge < -0.3 is 10.6 Å². The molecule has 0 spiro atoms. The Morgan fingerprint density at radius 2 is 0.852 bits per heavy atom. The molecule has 140 valence electrons. The minimum atomic E-state index is -0.845. The second-order valence-corrected chi connectivity index (χ2v) is 7.50. The van der Waals surface area contributed by atoms with E-state index in [1.807, 2.05) is 0 Å². The second-order valence-electron chi connectivity index (χ2n) is 4.92. The van der Waals surface area contributed by atoms with Crippen LogP contribution < -0.4 is 0 Å². The van der Waals surface area contributed by atoms with Crippen molar-refractivity contribution in [3.63, 3.8) is 0 Å². The summed E-state index contributed by atoms with van der Waals surface area (Å²) in [4.78, 5) is 0. The Morgan fingerprint density at radius 1 is 0.556 bits per heavy atom. The third-order valence-corrected chi connectivity index (χ3v) is 3.22. The molecule has 3 aromatic carbocycles. The van der Waals surface area contributed by atoms with Gasteiger partial charge in [-0.2, -0.15) is 11.4 Å². The van der Waals surface area contributed by atoms with Crippen molar-refractivity contribution in [3.05, 3.63) is 94.6 Å². The molecule has 0 amide bonds. The predicted octanol–water partition coefficient (Wildman–Crippen LogP) is 8.29. The fraction of sp³-hybridized carbons (Fsp3) is 0. The molecule has 3 aromatic rings. The molecule has 0 aromatic heterocycles. The molecule has 0 aliphatic rings. The summed E-state index contributed by atoms with van der Waals surface area (Å²) in [7, 11) is 9.78. The van der Waals surface area contributed by atoms with Gasteiger partial charge in [-0.25, -0.2) is 17.6 Å². The molecule has 0 saturated heterocycles. The van der Waals surface area contributed by atoms with Crippen LogP contribution in [0.25, 0.3) is 10.6 Å². The Balaban J connectivity index is 0.000000817. The van der Waals surface area contributed by atoms with Gasteiger partial charge in [0, 0.05) is 0 Å². The van der Waals surface area contributed by atoms with Crippen molar-refractivity contribution < 1.29 is 34.6 Å². The third-order valence-electron chi connectivity index (χ3n) is 3.22. The van der Waals surface area contributed by atoms with Crippen LogP contribution in [0.4, 0.5) is 40.3 Å². The van der Waals surface area contributed by atoms with Gasteiger partial charge in [0.25, 0.3) is 0 Å². The Labute approximate surface area is 170 Å². The molecule has 0 saturated carbocycles. The fourth-order valence-corrected chi connectivity index (χ4v) is 2.09. The van der Waals surface area contributed by atoms with Gasteiger partial charge in [0.2, 0.25) is 0 Å². The summed E-state index contributed by atoms with van der Waals surface area (Å²) >= 11 is -0.556. The van der Waals surface area contributed by atoms with E-state index in [1.54, 1.807) is 12.1 Å². The van der Waals surface area contributed by atoms with Crippen LogP contribution in [0, 0.1) is 23.3 Å². The summed E-state index contributed by atoms with van der Waals surface area (Å²) in [5.74, 6) is -3.38. The third kappa shape index (κ3) is 5.88. The van der Waals surface area contributed by atoms with Gasteiger partial charge in [0.1, 0.15) is 23.3 Å². The summed E-state index contributed by atoms with van der Waals surface area (Å²) in [6, 6.07) is 12.8. The maximum absolute atomic E-state index is 13.7. The van der Waals surface area contributed by atoms with Gasteiger partial charge in [-0.1, -0.05) is 47.8 Å². The molecule has 0 radical (unpaired) electrons. The summed E-state index contributed by atoms with van der Waals surface area (Å²) in [6.07, 6.45) is 0. The number of rotatable bonds is 4. The van der Waals surface area contributed by atoms with Gasteiger partial charge in [-0.05, 0) is 24.3 Å². The van der Waals surface area contributed by atoms with Crippen LogP contribution in [0.2, 0.25) is 0 Å². The second kappa shape index (κ2) is 10.6. The molecular formula is C18H10Cl2F4N2Ti-2. The number of nitrogens with zero attached hydrogens (tertiary/aromatic N) is 2. The molecule has 9 heteroatoms. The Bertz CT molecular complexity index is 799. The SMILES string of the molecule is Fc1cccc(F)c1[N-]c1ccccc1[N-]c1c(F)cccc1F.[Cl][Ti][Cl]. The monoisotopic (exact) mass is 448 g/mol. The van der Waals surface area contributed by atoms with Gasteiger partial charge in [-0.3, -0.25) is 0 Å². The molecular weight excluding hydrogens is 439 g/mol. The molecule has 0 N–H and O–H groups in total. The van der Waals surface area contributed by atoms with E-state index >= 15 is 0 Å². The van der Waals surface area contributed by atoms with Crippen molar-refractivity contribution >= 4 is 41.4 Å². The van der Waals surface area contributed by atoms with Crippen molar-refractivity contribution in [3.8, 4) is 0 Å². The van der Waals surface area contributed by atoms with E-state index < -0.39 is 51.7 Å². The molecule has 2 nitrogen and oxygen atoms in total. The molecule has 3 rings (SSSR count). The minimum absolute atomic E-state index is 0.0872. The van der Waals surface area contributed by atoms with E-state index in [0.717, 1.165) is 24.3 Å². The average molecular weight is 449 g/mol. The van der Waals surface area contributed by atoms with Crippen molar-refractivity contribution in [2.45, 2.75) is 0 Å². The van der Waals surface area contributed by atoms with Gasteiger partial charge in [0.05, 0.1) is 0 Å². The maximum atomic E-state index is 13.7. The van der Waals surface area contributed by atoms with Crippen molar-refractivity contribution in [1.29, 1.82) is 0 Å². The number of benzene rings is 3. The quantitative estimate of drug-likeness (QED) is 0.283. The molecule has 0 aliphatic heterocycles. The molecule has 0 atom stereocenters. The van der Waals surface area contributed by atoms with Crippen LogP contribution in [-0.4, -0.2) is 0 Å². The molecule has 0 aliphatic carbocycles. The molecule has 0 bridgehead atoms. The van der Waals surface area contributed by atoms with Crippen molar-refractivity contribution in [2.75, 3.05) is 0 Å². The summed E-state index contributed by atoms with van der Waals surface area (Å²) in [5, 5.41) is 7.81. The van der Waals surface area contributed by atoms with Gasteiger partial charge in [0.15, 0.2) is 0 Å². The number of para-hydroxylation sites is 4. The van der Waals surface area contributed by atoms with Crippen molar-refractivity contribution in [2.24, 2.45) is 0 Å². The Morgan fingerprint density at radius 3 is 1.15 bits per heavy atom. The summed E-state index contributed by atoms with van der Waals surface area (Å²) < 4.78 is 55.0. The van der Waals surface area contributed by atoms with Gasteiger partial charge in [-0.15, -0.1) is 0 Å². The van der Waals surface area contributed by atoms with Gasteiger partial charge >= 0.3 is 35.6 Å². The number of halogens is 6. The molecule has 0 heterocycles. The first-order chi connectivity index (χ1) is 13.0. The van der Waals surface area contributed by atoms with E-state index in [0.29, 0.717) is 0 Å². The Hall–Kier alpha value is -1.73. The first-order valence-corrected chi connectivity index (χ1v) is 11.6. The summed E-state index contributed by atoms with van der Waals surface area (Å²) in [5.41, 5.74) is -0.809. The number of hydrogen-bond donors (Lipinski definition) is 0. The zero-order chi connectivity index (χ0) is 19.8. The van der Waals surface area contributed by atoms with Crippen LogP contribution in [0.5, 0.6) is 0 Å². The van der Waals surface area contributed by atoms with Crippen LogP contribution in [0.3, 0.4) is 0 Å². The van der Waals surface area contributed by atoms with Crippen molar-refractivity contribution in [1.82, 2.24) is 0 Å².